The molecule has 33 heavy (non-hydrogen) atoms. The van der Waals surface area contributed by atoms with Gasteiger partial charge in [-0.2, -0.15) is 19.1 Å². The first kappa shape index (κ1) is 23.9. The van der Waals surface area contributed by atoms with Crippen molar-refractivity contribution in [3.05, 3.63) is 47.7 Å². The van der Waals surface area contributed by atoms with Gasteiger partial charge < -0.3 is 15.4 Å². The molecule has 0 fully saturated rings. The highest BCUT2D eigenvalue weighted by Crippen LogP contribution is 2.36. The Kier molecular flexibility index (Phi) is 6.81. The topological polar surface area (TPSA) is 109 Å². The van der Waals surface area contributed by atoms with E-state index in [-0.39, 0.29) is 22.5 Å². The molecule has 2 aromatic rings. The molecule has 2 bridgehead atoms. The maximum absolute atomic E-state index is 13.7. The molecule has 1 aliphatic rings. The lowest BCUT2D eigenvalue weighted by molar-refractivity contribution is -0.118. The van der Waals surface area contributed by atoms with E-state index in [1.807, 2.05) is 6.07 Å². The third-order valence-electron chi connectivity index (χ3n) is 4.96. The summed E-state index contributed by atoms with van der Waals surface area (Å²) in [7, 11) is 0. The highest BCUT2D eigenvalue weighted by Gasteiger charge is 2.26. The molecule has 8 nitrogen and oxygen atoms in total. The van der Waals surface area contributed by atoms with Crippen LogP contribution in [-0.4, -0.2) is 27.4 Å². The zero-order valence-electron chi connectivity index (χ0n) is 18.7. The summed E-state index contributed by atoms with van der Waals surface area (Å²) in [4.78, 5) is 25.1. The molecule has 2 unspecified atom stereocenters. The van der Waals surface area contributed by atoms with Gasteiger partial charge in [-0.3, -0.25) is 4.79 Å². The highest BCUT2D eigenvalue weighted by atomic mass is 19.3. The van der Waals surface area contributed by atoms with E-state index in [1.54, 1.807) is 52.0 Å². The fraction of sp³-hybridized carbons (Fsp3) is 0.391. The lowest BCUT2D eigenvalue weighted by atomic mass is 9.95. The largest absolute Gasteiger partial charge is 0.444 e. The number of anilines is 1. The fourth-order valence-corrected chi connectivity index (χ4v) is 3.42. The van der Waals surface area contributed by atoms with Crippen molar-refractivity contribution >= 4 is 17.7 Å². The normalized spacial score (nSPS) is 18.4. The van der Waals surface area contributed by atoms with E-state index < -0.39 is 36.1 Å². The van der Waals surface area contributed by atoms with Crippen LogP contribution < -0.4 is 10.6 Å². The molecule has 0 saturated heterocycles. The Bertz CT molecular complexity index is 1130. The number of ether oxygens (including phenoxy) is 1. The molecule has 10 heteroatoms. The van der Waals surface area contributed by atoms with Crippen molar-refractivity contribution in [1.29, 1.82) is 5.26 Å². The molecule has 2 N–H and O–H groups in total. The van der Waals surface area contributed by atoms with Crippen LogP contribution in [-0.2, 0) is 9.53 Å². The van der Waals surface area contributed by atoms with Crippen molar-refractivity contribution in [1.82, 2.24) is 15.1 Å². The average molecular weight is 457 g/mol. The van der Waals surface area contributed by atoms with Gasteiger partial charge in [0, 0.05) is 5.56 Å². The number of aromatic nitrogens is 2. The number of amides is 2. The lowest BCUT2D eigenvalue weighted by Crippen LogP contribution is -2.35. The second-order valence-corrected chi connectivity index (χ2v) is 8.69. The second-order valence-electron chi connectivity index (χ2n) is 8.69. The molecule has 0 radical (unpaired) electrons. The van der Waals surface area contributed by atoms with Crippen LogP contribution in [0.25, 0.3) is 11.3 Å². The molecular weight excluding hydrogens is 432 g/mol. The van der Waals surface area contributed by atoms with Crippen LogP contribution >= 0.6 is 0 Å². The molecule has 2 amide bonds. The minimum absolute atomic E-state index is 0.0615. The van der Waals surface area contributed by atoms with Gasteiger partial charge in [0.15, 0.2) is 0 Å². The molecule has 2 atom stereocenters. The summed E-state index contributed by atoms with van der Waals surface area (Å²) in [6.07, 6.45) is 4.22. The van der Waals surface area contributed by atoms with Crippen LogP contribution in [0.15, 0.2) is 36.5 Å². The Labute approximate surface area is 190 Å². The number of fused-ring (bicyclic) bond motifs is 4. The molecule has 174 valence electrons. The Morgan fingerprint density at radius 1 is 1.39 bits per heavy atom. The molecule has 1 aliphatic heterocycles. The summed E-state index contributed by atoms with van der Waals surface area (Å²) in [6.45, 7) is 3.87. The zero-order chi connectivity index (χ0) is 24.3. The Morgan fingerprint density at radius 2 is 2.12 bits per heavy atom. The smallest absolute Gasteiger partial charge is 0.408 e. The predicted octanol–water partition coefficient (Wildman–Crippen LogP) is 4.92. The number of alkyl carbamates (subject to hydrolysis) is 1. The zero-order valence-corrected chi connectivity index (χ0v) is 18.7. The summed E-state index contributed by atoms with van der Waals surface area (Å²) in [6, 6.07) is 6.09. The molecule has 0 saturated carbocycles. The van der Waals surface area contributed by atoms with Crippen LogP contribution in [0, 0.1) is 17.2 Å². The van der Waals surface area contributed by atoms with E-state index in [4.69, 9.17) is 4.74 Å². The Balaban J connectivity index is 2.17. The summed E-state index contributed by atoms with van der Waals surface area (Å²) < 4.78 is 33.3. The van der Waals surface area contributed by atoms with Crippen molar-refractivity contribution in [2.45, 2.75) is 52.3 Å². The third-order valence-corrected chi connectivity index (χ3v) is 4.96. The van der Waals surface area contributed by atoms with E-state index in [0.29, 0.717) is 16.7 Å². The molecule has 0 spiro atoms. The fourth-order valence-electron chi connectivity index (χ4n) is 3.42. The van der Waals surface area contributed by atoms with Crippen LogP contribution in [0.4, 0.5) is 19.3 Å². The van der Waals surface area contributed by atoms with Crippen molar-refractivity contribution in [2.75, 3.05) is 5.32 Å². The SMILES string of the molecule is CC1C=CCC(NC(=O)OC(C)(C)C)c2ccc(C#N)c(c2)-c2c(cnn2C(F)F)NC1=O. The standard InChI is InChI=1S/C23H25F2N5O3/c1-13-6-5-7-17(29-22(32)33-23(2,3)4)14-8-9-15(11-26)16(10-14)19-18(28-20(13)31)12-27-30(19)21(24)25/h5-6,8-10,12-13,17,21H,7H2,1-4H3,(H,28,31)(H,29,32). The van der Waals surface area contributed by atoms with Gasteiger partial charge in [-0.05, 0) is 44.9 Å². The Hall–Kier alpha value is -3.74. The van der Waals surface area contributed by atoms with Gasteiger partial charge in [-0.1, -0.05) is 25.1 Å². The minimum Gasteiger partial charge on any atom is -0.444 e. The first-order chi connectivity index (χ1) is 15.5. The van der Waals surface area contributed by atoms with E-state index in [2.05, 4.69) is 15.7 Å². The Morgan fingerprint density at radius 3 is 2.76 bits per heavy atom. The number of alkyl halides is 2. The molecule has 1 aromatic carbocycles. The van der Waals surface area contributed by atoms with E-state index in [1.165, 1.54) is 6.07 Å². The predicted molar refractivity (Wildman–Crippen MR) is 117 cm³/mol. The average Bonchev–Trinajstić information content (AvgIpc) is 3.14. The number of hydrogen-bond donors (Lipinski definition) is 2. The van der Waals surface area contributed by atoms with Crippen molar-refractivity contribution in [3.8, 4) is 17.3 Å². The van der Waals surface area contributed by atoms with Gasteiger partial charge in [-0.15, -0.1) is 0 Å². The number of benzene rings is 1. The van der Waals surface area contributed by atoms with Crippen molar-refractivity contribution < 1.29 is 23.1 Å². The number of carbonyl (C=O) groups is 2. The second kappa shape index (κ2) is 9.40. The highest BCUT2D eigenvalue weighted by molar-refractivity contribution is 5.97. The molecular formula is C23H25F2N5O3. The van der Waals surface area contributed by atoms with Crippen molar-refractivity contribution in [3.63, 3.8) is 0 Å². The van der Waals surface area contributed by atoms with Gasteiger partial charge in [0.2, 0.25) is 5.91 Å². The monoisotopic (exact) mass is 457 g/mol. The number of nitrogens with one attached hydrogen (secondary N) is 2. The third kappa shape index (κ3) is 5.55. The summed E-state index contributed by atoms with van der Waals surface area (Å²) in [5.41, 5.74) is 0.111. The first-order valence-corrected chi connectivity index (χ1v) is 10.4. The maximum Gasteiger partial charge on any atom is 0.408 e. The van der Waals surface area contributed by atoms with Crippen LogP contribution in [0.5, 0.6) is 0 Å². The van der Waals surface area contributed by atoms with Gasteiger partial charge in [0.25, 0.3) is 0 Å². The number of rotatable bonds is 2. The van der Waals surface area contributed by atoms with Crippen LogP contribution in [0.1, 0.15) is 57.8 Å². The summed E-state index contributed by atoms with van der Waals surface area (Å²) in [5.74, 6) is -1.00. The molecule has 0 aliphatic carbocycles. The van der Waals surface area contributed by atoms with E-state index >= 15 is 0 Å². The quantitative estimate of drug-likeness (QED) is 0.623. The number of nitrogens with zero attached hydrogens (tertiary/aromatic N) is 3. The first-order valence-electron chi connectivity index (χ1n) is 10.4. The lowest BCUT2D eigenvalue weighted by Gasteiger charge is -2.24. The van der Waals surface area contributed by atoms with E-state index in [9.17, 15) is 23.6 Å². The van der Waals surface area contributed by atoms with Gasteiger partial charge >= 0.3 is 12.6 Å². The number of nitriles is 1. The van der Waals surface area contributed by atoms with Crippen molar-refractivity contribution in [2.24, 2.45) is 5.92 Å². The van der Waals surface area contributed by atoms with Gasteiger partial charge in [0.05, 0.1) is 41.2 Å². The molecule has 3 rings (SSSR count). The molecule has 1 aromatic heterocycles. The van der Waals surface area contributed by atoms with Gasteiger partial charge in [0.1, 0.15) is 5.60 Å². The summed E-state index contributed by atoms with van der Waals surface area (Å²) >= 11 is 0. The van der Waals surface area contributed by atoms with Gasteiger partial charge in [-0.25, -0.2) is 9.48 Å². The maximum atomic E-state index is 13.7. The van der Waals surface area contributed by atoms with Crippen LogP contribution in [0.3, 0.4) is 0 Å². The summed E-state index contributed by atoms with van der Waals surface area (Å²) in [5, 5.41) is 18.8. The van der Waals surface area contributed by atoms with E-state index in [0.717, 1.165) is 6.20 Å². The molecule has 2 heterocycles. The van der Waals surface area contributed by atoms with Crippen LogP contribution in [0.2, 0.25) is 0 Å². The number of hydrogen-bond acceptors (Lipinski definition) is 5. The minimum atomic E-state index is -3.00. The number of carbonyl (C=O) groups excluding carboxylic acids is 2. The number of halogens is 2.